The van der Waals surface area contributed by atoms with Crippen molar-refractivity contribution in [2.45, 2.75) is 17.7 Å². The van der Waals surface area contributed by atoms with Gasteiger partial charge in [-0.25, -0.2) is 8.42 Å². The Balaban J connectivity index is 1.81. The highest BCUT2D eigenvalue weighted by atomic mass is 32.2. The number of amides is 1. The van der Waals surface area contributed by atoms with Crippen molar-refractivity contribution < 1.29 is 17.9 Å². The van der Waals surface area contributed by atoms with Gasteiger partial charge in [0.2, 0.25) is 5.91 Å². The molecule has 0 radical (unpaired) electrons. The van der Waals surface area contributed by atoms with E-state index in [4.69, 9.17) is 4.74 Å². The van der Waals surface area contributed by atoms with Crippen molar-refractivity contribution in [1.82, 2.24) is 0 Å². The monoisotopic (exact) mass is 346 g/mol. The van der Waals surface area contributed by atoms with Crippen molar-refractivity contribution in [3.05, 3.63) is 48.5 Å². The molecule has 24 heavy (non-hydrogen) atoms. The summed E-state index contributed by atoms with van der Waals surface area (Å²) in [6.45, 7) is 0.700. The molecule has 126 valence electrons. The number of sulfonamides is 1. The van der Waals surface area contributed by atoms with Crippen LogP contribution < -0.4 is 14.4 Å². The number of rotatable bonds is 5. The Morgan fingerprint density at radius 2 is 1.79 bits per heavy atom. The number of carbonyl (C=O) groups is 1. The Hall–Kier alpha value is -2.54. The number of carbonyl (C=O) groups excluding carboxylic acids is 1. The van der Waals surface area contributed by atoms with Crippen LogP contribution in [0.3, 0.4) is 0 Å². The lowest BCUT2D eigenvalue weighted by atomic mass is 10.2. The number of methoxy groups -OCH3 is 1. The molecular formula is C17H18N2O4S. The quantitative estimate of drug-likeness (QED) is 0.903. The maximum absolute atomic E-state index is 12.5. The van der Waals surface area contributed by atoms with Gasteiger partial charge in [0.25, 0.3) is 10.0 Å². The fourth-order valence-corrected chi connectivity index (χ4v) is 3.91. The van der Waals surface area contributed by atoms with Crippen molar-refractivity contribution in [2.75, 3.05) is 23.3 Å². The summed E-state index contributed by atoms with van der Waals surface area (Å²) in [7, 11) is -2.33. The number of nitrogens with zero attached hydrogens (tertiary/aromatic N) is 1. The third kappa shape index (κ3) is 3.21. The zero-order valence-corrected chi connectivity index (χ0v) is 14.0. The summed E-state index contributed by atoms with van der Waals surface area (Å²) in [4.78, 5) is 13.5. The molecule has 2 aromatic carbocycles. The number of hydrogen-bond donors (Lipinski definition) is 1. The topological polar surface area (TPSA) is 75.7 Å². The number of nitrogens with one attached hydrogen (secondary N) is 1. The lowest BCUT2D eigenvalue weighted by molar-refractivity contribution is -0.117. The fraction of sp³-hybridized carbons (Fsp3) is 0.235. The molecule has 1 saturated heterocycles. The third-order valence-corrected chi connectivity index (χ3v) is 5.28. The Kier molecular flexibility index (Phi) is 4.44. The average Bonchev–Trinajstić information content (AvgIpc) is 3.01. The fourth-order valence-electron chi connectivity index (χ4n) is 2.68. The highest BCUT2D eigenvalue weighted by molar-refractivity contribution is 7.92. The molecule has 7 heteroatoms. The van der Waals surface area contributed by atoms with E-state index in [0.717, 1.165) is 12.1 Å². The van der Waals surface area contributed by atoms with E-state index in [1.54, 1.807) is 47.4 Å². The molecular weight excluding hydrogens is 328 g/mol. The second-order valence-corrected chi connectivity index (χ2v) is 7.10. The van der Waals surface area contributed by atoms with E-state index >= 15 is 0 Å². The van der Waals surface area contributed by atoms with Crippen LogP contribution in [0.25, 0.3) is 0 Å². The predicted molar refractivity (Wildman–Crippen MR) is 91.8 cm³/mol. The van der Waals surface area contributed by atoms with Gasteiger partial charge in [0.15, 0.2) is 0 Å². The molecule has 0 unspecified atom stereocenters. The Morgan fingerprint density at radius 1 is 1.08 bits per heavy atom. The van der Waals surface area contributed by atoms with Crippen LogP contribution in [-0.2, 0) is 14.8 Å². The first-order valence-corrected chi connectivity index (χ1v) is 9.06. The van der Waals surface area contributed by atoms with Gasteiger partial charge in [-0.15, -0.1) is 0 Å². The van der Waals surface area contributed by atoms with Gasteiger partial charge in [0, 0.05) is 24.3 Å². The standard InChI is InChI=1S/C17H18N2O4S/c1-23-15-5-2-3-6-16(15)24(21,22)18-13-8-10-14(11-9-13)19-12-4-7-17(19)20/h2-3,5-6,8-11,18H,4,7,12H2,1H3. The summed E-state index contributed by atoms with van der Waals surface area (Å²) >= 11 is 0. The van der Waals surface area contributed by atoms with Gasteiger partial charge >= 0.3 is 0 Å². The van der Waals surface area contributed by atoms with Crippen LogP contribution >= 0.6 is 0 Å². The maximum atomic E-state index is 12.5. The van der Waals surface area contributed by atoms with Gasteiger partial charge in [-0.2, -0.15) is 0 Å². The first kappa shape index (κ1) is 16.3. The van der Waals surface area contributed by atoms with E-state index in [0.29, 0.717) is 18.7 Å². The van der Waals surface area contributed by atoms with E-state index in [1.807, 2.05) is 0 Å². The molecule has 1 aliphatic rings. The molecule has 6 nitrogen and oxygen atoms in total. The Morgan fingerprint density at radius 3 is 2.42 bits per heavy atom. The van der Waals surface area contributed by atoms with Gasteiger partial charge in [0.1, 0.15) is 10.6 Å². The van der Waals surface area contributed by atoms with Crippen LogP contribution in [0.5, 0.6) is 5.75 Å². The minimum Gasteiger partial charge on any atom is -0.495 e. The SMILES string of the molecule is COc1ccccc1S(=O)(=O)Nc1ccc(N2CCCC2=O)cc1. The van der Waals surface area contributed by atoms with Crippen LogP contribution in [0, 0.1) is 0 Å². The molecule has 1 N–H and O–H groups in total. The second-order valence-electron chi connectivity index (χ2n) is 5.45. The molecule has 0 aliphatic carbocycles. The molecule has 2 aromatic rings. The van der Waals surface area contributed by atoms with Gasteiger partial charge in [0.05, 0.1) is 7.11 Å². The molecule has 0 saturated carbocycles. The summed E-state index contributed by atoms with van der Waals surface area (Å²) in [5.74, 6) is 0.377. The van der Waals surface area contributed by atoms with E-state index in [2.05, 4.69) is 4.72 Å². The van der Waals surface area contributed by atoms with E-state index in [1.165, 1.54) is 13.2 Å². The minimum atomic E-state index is -3.75. The maximum Gasteiger partial charge on any atom is 0.265 e. The lowest BCUT2D eigenvalue weighted by Gasteiger charge is -2.16. The molecule has 0 bridgehead atoms. The van der Waals surface area contributed by atoms with Crippen molar-refractivity contribution in [3.8, 4) is 5.75 Å². The molecule has 1 aliphatic heterocycles. The molecule has 3 rings (SSSR count). The largest absolute Gasteiger partial charge is 0.495 e. The minimum absolute atomic E-state index is 0.0753. The third-order valence-electron chi connectivity index (χ3n) is 3.86. The first-order chi connectivity index (χ1) is 11.5. The zero-order valence-electron chi connectivity index (χ0n) is 13.2. The van der Waals surface area contributed by atoms with Crippen LogP contribution in [-0.4, -0.2) is 28.0 Å². The predicted octanol–water partition coefficient (Wildman–Crippen LogP) is 2.62. The number of ether oxygens (including phenoxy) is 1. The first-order valence-electron chi connectivity index (χ1n) is 7.57. The zero-order chi connectivity index (χ0) is 17.2. The Labute approximate surface area is 141 Å². The van der Waals surface area contributed by atoms with Crippen LogP contribution in [0.2, 0.25) is 0 Å². The van der Waals surface area contributed by atoms with Crippen LogP contribution in [0.4, 0.5) is 11.4 Å². The van der Waals surface area contributed by atoms with Crippen LogP contribution in [0.15, 0.2) is 53.4 Å². The summed E-state index contributed by atoms with van der Waals surface area (Å²) < 4.78 is 32.7. The van der Waals surface area contributed by atoms with Gasteiger partial charge < -0.3 is 9.64 Å². The summed E-state index contributed by atoms with van der Waals surface area (Å²) in [5.41, 5.74) is 1.20. The van der Waals surface area contributed by atoms with Gasteiger partial charge in [-0.1, -0.05) is 12.1 Å². The summed E-state index contributed by atoms with van der Waals surface area (Å²) in [5, 5.41) is 0. The average molecular weight is 346 g/mol. The molecule has 1 heterocycles. The van der Waals surface area contributed by atoms with E-state index in [9.17, 15) is 13.2 Å². The second kappa shape index (κ2) is 6.52. The molecule has 0 aromatic heterocycles. The normalized spacial score (nSPS) is 14.7. The molecule has 1 fully saturated rings. The smallest absolute Gasteiger partial charge is 0.265 e. The highest BCUT2D eigenvalue weighted by Crippen LogP contribution is 2.27. The Bertz CT molecular complexity index is 847. The van der Waals surface area contributed by atoms with E-state index in [-0.39, 0.29) is 16.6 Å². The summed E-state index contributed by atoms with van der Waals surface area (Å²) in [6, 6.07) is 13.2. The van der Waals surface area contributed by atoms with Gasteiger partial charge in [-0.05, 0) is 42.8 Å². The molecule has 1 amide bonds. The van der Waals surface area contributed by atoms with Gasteiger partial charge in [-0.3, -0.25) is 9.52 Å². The number of hydrogen-bond acceptors (Lipinski definition) is 4. The van der Waals surface area contributed by atoms with Crippen molar-refractivity contribution >= 4 is 27.3 Å². The molecule has 0 atom stereocenters. The number of para-hydroxylation sites is 1. The number of anilines is 2. The van der Waals surface area contributed by atoms with Crippen molar-refractivity contribution in [3.63, 3.8) is 0 Å². The van der Waals surface area contributed by atoms with E-state index < -0.39 is 10.0 Å². The number of benzene rings is 2. The molecule has 0 spiro atoms. The van der Waals surface area contributed by atoms with Crippen molar-refractivity contribution in [2.24, 2.45) is 0 Å². The lowest BCUT2D eigenvalue weighted by Crippen LogP contribution is -2.23. The van der Waals surface area contributed by atoms with Crippen LogP contribution in [0.1, 0.15) is 12.8 Å². The highest BCUT2D eigenvalue weighted by Gasteiger charge is 2.22. The van der Waals surface area contributed by atoms with Crippen molar-refractivity contribution in [1.29, 1.82) is 0 Å². The summed E-state index contributed by atoms with van der Waals surface area (Å²) in [6.07, 6.45) is 1.41.